The summed E-state index contributed by atoms with van der Waals surface area (Å²) in [5, 5.41) is 12.2. The van der Waals surface area contributed by atoms with Crippen LogP contribution in [0, 0.1) is 0 Å². The number of nitrogens with zero attached hydrogens (tertiary/aromatic N) is 3. The number of aliphatic imine (C=N–C) groups is 1. The Morgan fingerprint density at radius 1 is 1.35 bits per heavy atom. The molecule has 2 aliphatic rings. The molecule has 1 aliphatic heterocycles. The summed E-state index contributed by atoms with van der Waals surface area (Å²) in [6, 6.07) is -0.198. The maximum Gasteiger partial charge on any atom is 0.174 e. The molecule has 1 aliphatic carbocycles. The SMILES string of the molecule is FC1C=CC(Cl)=C(CSc2nnc(C3C=NC=C(Cl)N3)s2)[C@@H]1Cl. The van der Waals surface area contributed by atoms with Gasteiger partial charge in [0, 0.05) is 17.0 Å². The van der Waals surface area contributed by atoms with Crippen LogP contribution in [0.3, 0.4) is 0 Å². The lowest BCUT2D eigenvalue weighted by molar-refractivity contribution is 0.399. The first-order chi connectivity index (χ1) is 11.0. The highest BCUT2D eigenvalue weighted by atomic mass is 35.5. The Labute approximate surface area is 155 Å². The van der Waals surface area contributed by atoms with E-state index in [0.29, 0.717) is 21.5 Å². The number of allylic oxidation sites excluding steroid dienone is 3. The van der Waals surface area contributed by atoms with Gasteiger partial charge in [-0.3, -0.25) is 4.99 Å². The van der Waals surface area contributed by atoms with Crippen LogP contribution in [0.4, 0.5) is 4.39 Å². The van der Waals surface area contributed by atoms with Gasteiger partial charge in [0.05, 0.1) is 11.6 Å². The zero-order chi connectivity index (χ0) is 16.4. The number of rotatable bonds is 4. The van der Waals surface area contributed by atoms with E-state index in [9.17, 15) is 4.39 Å². The summed E-state index contributed by atoms with van der Waals surface area (Å²) in [4.78, 5) is 4.03. The van der Waals surface area contributed by atoms with Crippen molar-refractivity contribution >= 4 is 64.1 Å². The largest absolute Gasteiger partial charge is 0.361 e. The molecule has 0 spiro atoms. The minimum Gasteiger partial charge on any atom is -0.361 e. The van der Waals surface area contributed by atoms with Gasteiger partial charge in [0.25, 0.3) is 0 Å². The van der Waals surface area contributed by atoms with E-state index in [4.69, 9.17) is 34.8 Å². The van der Waals surface area contributed by atoms with E-state index in [2.05, 4.69) is 20.5 Å². The molecular weight excluding hydrogens is 402 g/mol. The number of nitrogens with one attached hydrogen (secondary N) is 1. The summed E-state index contributed by atoms with van der Waals surface area (Å²) in [6.45, 7) is 0. The highest BCUT2D eigenvalue weighted by Gasteiger charge is 2.26. The third-order valence-corrected chi connectivity index (χ3v) is 6.37. The first-order valence-electron chi connectivity index (χ1n) is 6.51. The molecule has 23 heavy (non-hydrogen) atoms. The molecule has 0 amide bonds. The number of halogens is 4. The van der Waals surface area contributed by atoms with Crippen LogP contribution in [0.25, 0.3) is 0 Å². The average molecular weight is 412 g/mol. The molecule has 2 heterocycles. The Kier molecular flexibility index (Phi) is 5.64. The van der Waals surface area contributed by atoms with Gasteiger partial charge >= 0.3 is 0 Å². The highest BCUT2D eigenvalue weighted by Crippen LogP contribution is 2.34. The second kappa shape index (κ2) is 7.53. The minimum atomic E-state index is -1.23. The number of alkyl halides is 2. The van der Waals surface area contributed by atoms with Crippen molar-refractivity contribution in [2.45, 2.75) is 21.9 Å². The van der Waals surface area contributed by atoms with Crippen molar-refractivity contribution in [1.29, 1.82) is 0 Å². The first kappa shape index (κ1) is 17.2. The van der Waals surface area contributed by atoms with Gasteiger partial charge in [-0.25, -0.2) is 4.39 Å². The van der Waals surface area contributed by atoms with Crippen LogP contribution in [-0.2, 0) is 0 Å². The lowest BCUT2D eigenvalue weighted by Crippen LogP contribution is -2.21. The van der Waals surface area contributed by atoms with E-state index in [0.717, 1.165) is 9.35 Å². The van der Waals surface area contributed by atoms with Gasteiger partial charge in [0.2, 0.25) is 0 Å². The lowest BCUT2D eigenvalue weighted by atomic mass is 10.0. The molecule has 122 valence electrons. The summed E-state index contributed by atoms with van der Waals surface area (Å²) in [5.41, 5.74) is 0.661. The number of hydrogen-bond donors (Lipinski definition) is 1. The van der Waals surface area contributed by atoms with Crippen molar-refractivity contribution in [3.8, 4) is 0 Å². The van der Waals surface area contributed by atoms with E-state index in [1.54, 1.807) is 12.3 Å². The van der Waals surface area contributed by atoms with Gasteiger partial charge in [-0.2, -0.15) is 0 Å². The molecule has 2 unspecified atom stereocenters. The summed E-state index contributed by atoms with van der Waals surface area (Å²) in [6.07, 6.45) is 4.91. The molecule has 0 aromatic carbocycles. The molecule has 3 atom stereocenters. The maximum atomic E-state index is 13.6. The van der Waals surface area contributed by atoms with Gasteiger partial charge in [-0.05, 0) is 17.7 Å². The van der Waals surface area contributed by atoms with Gasteiger partial charge in [0.15, 0.2) is 4.34 Å². The molecule has 10 heteroatoms. The van der Waals surface area contributed by atoms with E-state index in [-0.39, 0.29) is 6.04 Å². The number of thioether (sulfide) groups is 1. The Morgan fingerprint density at radius 2 is 2.17 bits per heavy atom. The molecule has 3 rings (SSSR count). The van der Waals surface area contributed by atoms with Gasteiger partial charge in [0.1, 0.15) is 22.4 Å². The zero-order valence-electron chi connectivity index (χ0n) is 11.4. The highest BCUT2D eigenvalue weighted by molar-refractivity contribution is 8.01. The van der Waals surface area contributed by atoms with Crippen LogP contribution < -0.4 is 5.32 Å². The van der Waals surface area contributed by atoms with Crippen molar-refractivity contribution in [2.24, 2.45) is 4.99 Å². The van der Waals surface area contributed by atoms with Crippen LogP contribution in [0.1, 0.15) is 11.0 Å². The molecule has 4 nitrogen and oxygen atoms in total. The third kappa shape index (κ3) is 4.09. The van der Waals surface area contributed by atoms with Crippen molar-refractivity contribution in [2.75, 3.05) is 5.75 Å². The van der Waals surface area contributed by atoms with Crippen molar-refractivity contribution in [3.05, 3.63) is 39.1 Å². The smallest absolute Gasteiger partial charge is 0.174 e. The average Bonchev–Trinajstić information content (AvgIpc) is 3.00. The van der Waals surface area contributed by atoms with Crippen molar-refractivity contribution < 1.29 is 4.39 Å². The summed E-state index contributed by atoms with van der Waals surface area (Å²) < 4.78 is 14.4. The quantitative estimate of drug-likeness (QED) is 0.453. The summed E-state index contributed by atoms with van der Waals surface area (Å²) in [5.74, 6) is 0.458. The normalized spacial score (nSPS) is 27.1. The fourth-order valence-electron chi connectivity index (χ4n) is 1.94. The van der Waals surface area contributed by atoms with Gasteiger partial charge < -0.3 is 5.32 Å². The van der Waals surface area contributed by atoms with Crippen LogP contribution in [0.15, 0.2) is 43.4 Å². The van der Waals surface area contributed by atoms with Crippen LogP contribution in [0.2, 0.25) is 0 Å². The zero-order valence-corrected chi connectivity index (χ0v) is 15.3. The Morgan fingerprint density at radius 3 is 2.96 bits per heavy atom. The summed E-state index contributed by atoms with van der Waals surface area (Å²) >= 11 is 20.9. The van der Waals surface area contributed by atoms with E-state index < -0.39 is 11.5 Å². The third-order valence-electron chi connectivity index (χ3n) is 3.10. The topological polar surface area (TPSA) is 50.2 Å². The second-order valence-corrected chi connectivity index (χ2v) is 8.19. The molecule has 0 saturated heterocycles. The maximum absolute atomic E-state index is 13.6. The Balaban J connectivity index is 1.65. The predicted octanol–water partition coefficient (Wildman–Crippen LogP) is 4.39. The molecule has 0 fully saturated rings. The van der Waals surface area contributed by atoms with Gasteiger partial charge in [-0.1, -0.05) is 46.3 Å². The summed E-state index contributed by atoms with van der Waals surface area (Å²) in [7, 11) is 0. The molecule has 1 aromatic heterocycles. The molecular formula is C13H10Cl3FN4S2. The Hall–Kier alpha value is -0.600. The Bertz CT molecular complexity index is 716. The fourth-order valence-corrected chi connectivity index (χ4v) is 4.85. The number of aromatic nitrogens is 2. The monoisotopic (exact) mass is 410 g/mol. The van der Waals surface area contributed by atoms with E-state index in [1.165, 1.54) is 35.4 Å². The standard InChI is InChI=1S/C13H10Cl3FN4S2/c14-7-1-2-8(17)11(16)6(7)5-22-13-21-20-12(23-13)9-3-18-4-10(15)19-9/h1-4,8-9,11,19H,5H2/t8?,9?,11-/m0/s1. The van der Waals surface area contributed by atoms with Crippen molar-refractivity contribution in [1.82, 2.24) is 15.5 Å². The fraction of sp³-hybridized carbons (Fsp3) is 0.308. The lowest BCUT2D eigenvalue weighted by Gasteiger charge is -2.20. The minimum absolute atomic E-state index is 0.198. The molecule has 1 aromatic rings. The molecule has 1 N–H and O–H groups in total. The van der Waals surface area contributed by atoms with Crippen LogP contribution in [0.5, 0.6) is 0 Å². The first-order valence-corrected chi connectivity index (χ1v) is 9.50. The van der Waals surface area contributed by atoms with Crippen LogP contribution in [-0.4, -0.2) is 33.7 Å². The molecule has 0 radical (unpaired) electrons. The molecule has 0 saturated carbocycles. The number of hydrogen-bond acceptors (Lipinski definition) is 6. The predicted molar refractivity (Wildman–Crippen MR) is 95.5 cm³/mol. The van der Waals surface area contributed by atoms with Crippen LogP contribution >= 0.6 is 57.9 Å². The van der Waals surface area contributed by atoms with E-state index in [1.807, 2.05) is 0 Å². The van der Waals surface area contributed by atoms with E-state index >= 15 is 0 Å². The van der Waals surface area contributed by atoms with Crippen molar-refractivity contribution in [3.63, 3.8) is 0 Å². The van der Waals surface area contributed by atoms with Gasteiger partial charge in [-0.15, -0.1) is 21.8 Å². The molecule has 0 bridgehead atoms. The second-order valence-electron chi connectivity index (χ2n) is 4.67.